The maximum atomic E-state index is 12.4. The molecule has 28 heavy (non-hydrogen) atoms. The molecule has 0 saturated carbocycles. The highest BCUT2D eigenvalue weighted by Gasteiger charge is 2.19. The number of aromatic nitrogens is 3. The van der Waals surface area contributed by atoms with Crippen molar-refractivity contribution >= 4 is 5.91 Å². The van der Waals surface area contributed by atoms with Crippen molar-refractivity contribution in [3.8, 4) is 11.4 Å². The number of para-hydroxylation sites is 1. The summed E-state index contributed by atoms with van der Waals surface area (Å²) in [6.07, 6.45) is 3.14. The van der Waals surface area contributed by atoms with Crippen LogP contribution in [0.4, 0.5) is 0 Å². The Balaban J connectivity index is 1.58. The fourth-order valence-electron chi connectivity index (χ4n) is 2.98. The first-order chi connectivity index (χ1) is 13.3. The SMILES string of the molecule is C[C@@H](NC(=O)COc1ccccc1C(C)(C)C)c1ccc(-n2cncn2)cc1. The predicted octanol–water partition coefficient (Wildman–Crippen LogP) is 3.82. The third-order valence-electron chi connectivity index (χ3n) is 4.51. The minimum atomic E-state index is -0.156. The van der Waals surface area contributed by atoms with Gasteiger partial charge in [0.25, 0.3) is 5.91 Å². The van der Waals surface area contributed by atoms with E-state index in [0.717, 1.165) is 22.6 Å². The van der Waals surface area contributed by atoms with Gasteiger partial charge in [-0.25, -0.2) is 9.67 Å². The first-order valence-electron chi connectivity index (χ1n) is 9.31. The van der Waals surface area contributed by atoms with Gasteiger partial charge in [0, 0.05) is 0 Å². The van der Waals surface area contributed by atoms with Crippen molar-refractivity contribution in [2.45, 2.75) is 39.2 Å². The number of amides is 1. The zero-order valence-corrected chi connectivity index (χ0v) is 16.7. The Morgan fingerprint density at radius 1 is 1.14 bits per heavy atom. The average molecular weight is 378 g/mol. The monoisotopic (exact) mass is 378 g/mol. The van der Waals surface area contributed by atoms with Crippen molar-refractivity contribution in [2.75, 3.05) is 6.61 Å². The largest absolute Gasteiger partial charge is 0.483 e. The van der Waals surface area contributed by atoms with Crippen molar-refractivity contribution < 1.29 is 9.53 Å². The van der Waals surface area contributed by atoms with Crippen LogP contribution in [0.15, 0.2) is 61.2 Å². The van der Waals surface area contributed by atoms with E-state index in [0.29, 0.717) is 0 Å². The van der Waals surface area contributed by atoms with Crippen LogP contribution < -0.4 is 10.1 Å². The van der Waals surface area contributed by atoms with Gasteiger partial charge in [0.1, 0.15) is 18.4 Å². The molecule has 0 radical (unpaired) electrons. The molecule has 1 atom stereocenters. The first kappa shape index (κ1) is 19.6. The van der Waals surface area contributed by atoms with Crippen molar-refractivity contribution in [1.29, 1.82) is 0 Å². The van der Waals surface area contributed by atoms with E-state index in [-0.39, 0.29) is 24.0 Å². The van der Waals surface area contributed by atoms with Crippen LogP contribution in [-0.4, -0.2) is 27.3 Å². The van der Waals surface area contributed by atoms with Crippen molar-refractivity contribution in [3.05, 3.63) is 72.3 Å². The smallest absolute Gasteiger partial charge is 0.258 e. The van der Waals surface area contributed by atoms with Crippen molar-refractivity contribution in [2.24, 2.45) is 0 Å². The minimum absolute atomic E-state index is 0.0194. The summed E-state index contributed by atoms with van der Waals surface area (Å²) in [5.74, 6) is 0.589. The summed E-state index contributed by atoms with van der Waals surface area (Å²) in [5, 5.41) is 7.09. The van der Waals surface area contributed by atoms with E-state index in [9.17, 15) is 4.79 Å². The third kappa shape index (κ3) is 4.76. The Morgan fingerprint density at radius 3 is 2.50 bits per heavy atom. The van der Waals surface area contributed by atoms with Crippen LogP contribution in [0.3, 0.4) is 0 Å². The molecule has 6 heteroatoms. The van der Waals surface area contributed by atoms with Crippen LogP contribution >= 0.6 is 0 Å². The van der Waals surface area contributed by atoms with Crippen LogP contribution in [0, 0.1) is 0 Å². The summed E-state index contributed by atoms with van der Waals surface area (Å²) in [5.41, 5.74) is 2.96. The number of carbonyl (C=O) groups excluding carboxylic acids is 1. The Kier molecular flexibility index (Phi) is 5.78. The van der Waals surface area contributed by atoms with E-state index in [1.807, 2.05) is 55.5 Å². The van der Waals surface area contributed by atoms with Gasteiger partial charge in [-0.2, -0.15) is 5.10 Å². The van der Waals surface area contributed by atoms with Crippen LogP contribution in [0.5, 0.6) is 5.75 Å². The lowest BCUT2D eigenvalue weighted by atomic mass is 9.86. The van der Waals surface area contributed by atoms with Gasteiger partial charge in [0.05, 0.1) is 11.7 Å². The molecule has 0 bridgehead atoms. The molecule has 1 amide bonds. The van der Waals surface area contributed by atoms with Gasteiger partial charge in [-0.3, -0.25) is 4.79 Å². The molecular weight excluding hydrogens is 352 g/mol. The third-order valence-corrected chi connectivity index (χ3v) is 4.51. The van der Waals surface area contributed by atoms with Crippen molar-refractivity contribution in [3.63, 3.8) is 0 Å². The summed E-state index contributed by atoms with van der Waals surface area (Å²) in [4.78, 5) is 16.3. The van der Waals surface area contributed by atoms with Crippen LogP contribution in [-0.2, 0) is 10.2 Å². The summed E-state index contributed by atoms with van der Waals surface area (Å²) in [6, 6.07) is 15.5. The standard InChI is InChI=1S/C22H26N4O2/c1-16(17-9-11-18(12-10-17)26-15-23-14-24-26)25-21(27)13-28-20-8-6-5-7-19(20)22(2,3)4/h5-12,14-16H,13H2,1-4H3,(H,25,27)/t16-/m1/s1. The molecule has 0 aliphatic carbocycles. The first-order valence-corrected chi connectivity index (χ1v) is 9.31. The zero-order valence-electron chi connectivity index (χ0n) is 16.7. The Hall–Kier alpha value is -3.15. The number of nitrogens with one attached hydrogen (secondary N) is 1. The number of hydrogen-bond acceptors (Lipinski definition) is 4. The van der Waals surface area contributed by atoms with Crippen LogP contribution in [0.1, 0.15) is 44.9 Å². The average Bonchev–Trinajstić information content (AvgIpc) is 3.21. The fraction of sp³-hybridized carbons (Fsp3) is 0.318. The van der Waals surface area contributed by atoms with Gasteiger partial charge < -0.3 is 10.1 Å². The number of hydrogen-bond donors (Lipinski definition) is 1. The molecule has 3 aromatic rings. The summed E-state index contributed by atoms with van der Waals surface area (Å²) in [7, 11) is 0. The number of carbonyl (C=O) groups is 1. The lowest BCUT2D eigenvalue weighted by molar-refractivity contribution is -0.123. The molecule has 6 nitrogen and oxygen atoms in total. The molecule has 0 aliphatic heterocycles. The predicted molar refractivity (Wildman–Crippen MR) is 109 cm³/mol. The Bertz CT molecular complexity index is 912. The highest BCUT2D eigenvalue weighted by Crippen LogP contribution is 2.30. The summed E-state index contributed by atoms with van der Waals surface area (Å²) < 4.78 is 7.49. The molecule has 0 fully saturated rings. The van der Waals surface area contributed by atoms with Crippen LogP contribution in [0.2, 0.25) is 0 Å². The normalized spacial score (nSPS) is 12.4. The molecule has 1 heterocycles. The van der Waals surface area contributed by atoms with Gasteiger partial charge in [0.2, 0.25) is 0 Å². The maximum Gasteiger partial charge on any atom is 0.258 e. The van der Waals surface area contributed by atoms with E-state index < -0.39 is 0 Å². The number of rotatable bonds is 6. The van der Waals surface area contributed by atoms with Gasteiger partial charge >= 0.3 is 0 Å². The molecule has 3 rings (SSSR count). The van der Waals surface area contributed by atoms with Gasteiger partial charge in [-0.05, 0) is 41.7 Å². The molecule has 146 valence electrons. The van der Waals surface area contributed by atoms with E-state index in [1.165, 1.54) is 6.33 Å². The van der Waals surface area contributed by atoms with E-state index in [1.54, 1.807) is 11.0 Å². The topological polar surface area (TPSA) is 69.0 Å². The molecular formula is C22H26N4O2. The van der Waals surface area contributed by atoms with Gasteiger partial charge in [-0.1, -0.05) is 51.1 Å². The molecule has 1 aromatic heterocycles. The zero-order chi connectivity index (χ0) is 20.1. The Labute approximate surface area is 165 Å². The van der Waals surface area contributed by atoms with Gasteiger partial charge in [-0.15, -0.1) is 0 Å². The van der Waals surface area contributed by atoms with E-state index >= 15 is 0 Å². The second-order valence-electron chi connectivity index (χ2n) is 7.76. The molecule has 0 aliphatic rings. The molecule has 0 unspecified atom stereocenters. The Morgan fingerprint density at radius 2 is 1.86 bits per heavy atom. The highest BCUT2D eigenvalue weighted by atomic mass is 16.5. The molecule has 0 saturated heterocycles. The summed E-state index contributed by atoms with van der Waals surface area (Å²) in [6.45, 7) is 8.31. The molecule has 2 aromatic carbocycles. The van der Waals surface area contributed by atoms with Crippen molar-refractivity contribution in [1.82, 2.24) is 20.1 Å². The highest BCUT2D eigenvalue weighted by molar-refractivity contribution is 5.78. The lowest BCUT2D eigenvalue weighted by Gasteiger charge is -2.23. The number of benzene rings is 2. The van der Waals surface area contributed by atoms with E-state index in [4.69, 9.17) is 4.74 Å². The van der Waals surface area contributed by atoms with Gasteiger partial charge in [0.15, 0.2) is 6.61 Å². The summed E-state index contributed by atoms with van der Waals surface area (Å²) >= 11 is 0. The minimum Gasteiger partial charge on any atom is -0.483 e. The number of nitrogens with zero attached hydrogens (tertiary/aromatic N) is 3. The molecule has 1 N–H and O–H groups in total. The fourth-order valence-corrected chi connectivity index (χ4v) is 2.98. The second-order valence-corrected chi connectivity index (χ2v) is 7.76. The van der Waals surface area contributed by atoms with Crippen LogP contribution in [0.25, 0.3) is 5.69 Å². The maximum absolute atomic E-state index is 12.4. The quantitative estimate of drug-likeness (QED) is 0.708. The van der Waals surface area contributed by atoms with E-state index in [2.05, 4.69) is 36.2 Å². The molecule has 0 spiro atoms. The second kappa shape index (κ2) is 8.25. The number of ether oxygens (including phenoxy) is 1. The lowest BCUT2D eigenvalue weighted by Crippen LogP contribution is -2.31.